The van der Waals surface area contributed by atoms with Gasteiger partial charge in [-0.15, -0.1) is 0 Å². The van der Waals surface area contributed by atoms with E-state index in [9.17, 15) is 16.4 Å². The van der Waals surface area contributed by atoms with E-state index < -0.39 is 185 Å². The van der Waals surface area contributed by atoms with Crippen molar-refractivity contribution >= 4 is 87.2 Å². The molecule has 9 aromatic carbocycles. The summed E-state index contributed by atoms with van der Waals surface area (Å²) in [5, 5.41) is -0.913. The molecule has 0 unspecified atom stereocenters. The first-order valence-electron chi connectivity index (χ1n) is 31.7. The first-order chi connectivity index (χ1) is 41.8. The Labute approximate surface area is 399 Å². The fourth-order valence-corrected chi connectivity index (χ4v) is 8.87. The van der Waals surface area contributed by atoms with Gasteiger partial charge in [-0.25, -0.2) is 0 Å². The number of hydrogen-bond donors (Lipinski definition) is 0. The van der Waals surface area contributed by atoms with Gasteiger partial charge < -0.3 is 9.13 Å². The highest BCUT2D eigenvalue weighted by atomic mass is 15.3. The molecule has 0 aliphatic heterocycles. The van der Waals surface area contributed by atoms with Crippen molar-refractivity contribution in [2.75, 3.05) is 0 Å². The van der Waals surface area contributed by atoms with Crippen LogP contribution in [0.15, 0.2) is 212 Å². The van der Waals surface area contributed by atoms with Crippen LogP contribution in [0.25, 0.3) is 122 Å². The van der Waals surface area contributed by atoms with Gasteiger partial charge in [-0.3, -0.25) is 9.13 Å². The van der Waals surface area contributed by atoms with Gasteiger partial charge in [0.15, 0.2) is 5.82 Å². The maximum Gasteiger partial charge on any atom is 0.240 e. The standard InChI is InChI=1S/C57H35N7/c1-9-26-44-36(18-1)37-19-2-10-27-45(37)61(44)52-34-17-35-53(62-46-28-11-3-20-38(46)39-21-4-12-29-47(39)62)54(52)55-58-56(63-48-30-13-5-22-40(48)41-23-6-14-31-49(41)63)60-57(59-55)64-50-32-15-7-24-42(50)43-25-8-16-33-51(43)64/h1-35H/i1D,2D,3D,4D,5D,7D,9D,10D,11D,12D,13D,15D,18D,19D,20D,21D,22D,24D,26D,27D,28D,29D,30D,32D. The summed E-state index contributed by atoms with van der Waals surface area (Å²) < 4.78 is 225. The Kier molecular flexibility index (Phi) is 3.98. The second-order valence-corrected chi connectivity index (χ2v) is 14.6. The summed E-state index contributed by atoms with van der Waals surface area (Å²) in [4.78, 5) is 15.4. The van der Waals surface area contributed by atoms with Crippen LogP contribution in [0.4, 0.5) is 0 Å². The third kappa shape index (κ3) is 4.83. The largest absolute Gasteiger partial charge is 0.308 e. The fraction of sp³-hybridized carbons (Fsp3) is 0. The summed E-state index contributed by atoms with van der Waals surface area (Å²) in [5.41, 5.74) is -2.66. The highest BCUT2D eigenvalue weighted by molar-refractivity contribution is 6.13. The van der Waals surface area contributed by atoms with Crippen LogP contribution in [-0.4, -0.2) is 33.2 Å². The maximum absolute atomic E-state index is 9.60. The lowest BCUT2D eigenvalue weighted by atomic mass is 10.1. The molecule has 64 heavy (non-hydrogen) atoms. The van der Waals surface area contributed by atoms with Crippen LogP contribution >= 0.6 is 0 Å². The molecule has 0 atom stereocenters. The van der Waals surface area contributed by atoms with Gasteiger partial charge in [0.1, 0.15) is 0 Å². The van der Waals surface area contributed by atoms with E-state index in [0.717, 1.165) is 9.13 Å². The summed E-state index contributed by atoms with van der Waals surface area (Å²) >= 11 is 0. The minimum absolute atomic E-state index is 0.0132. The molecule has 0 aliphatic rings. The van der Waals surface area contributed by atoms with E-state index in [1.54, 1.807) is 48.5 Å². The van der Waals surface area contributed by atoms with Crippen LogP contribution in [0.3, 0.4) is 0 Å². The van der Waals surface area contributed by atoms with Crippen LogP contribution in [-0.2, 0) is 0 Å². The Morgan fingerprint density at radius 3 is 0.969 bits per heavy atom. The average Bonchev–Trinajstić information content (AvgIpc) is 1.67. The van der Waals surface area contributed by atoms with Gasteiger partial charge in [0.25, 0.3) is 0 Å². The van der Waals surface area contributed by atoms with E-state index >= 15 is 0 Å². The van der Waals surface area contributed by atoms with Crippen LogP contribution in [0.5, 0.6) is 0 Å². The molecular formula is C57H35N7. The minimum atomic E-state index is -0.805. The predicted octanol–water partition coefficient (Wildman–Crippen LogP) is 13.9. The van der Waals surface area contributed by atoms with Crippen molar-refractivity contribution in [1.29, 1.82) is 0 Å². The van der Waals surface area contributed by atoms with Crippen LogP contribution in [0.1, 0.15) is 32.9 Å². The second-order valence-electron chi connectivity index (χ2n) is 14.6. The summed E-state index contributed by atoms with van der Waals surface area (Å²) in [6.45, 7) is 0. The summed E-state index contributed by atoms with van der Waals surface area (Å²) in [6.07, 6.45) is 0. The van der Waals surface area contributed by atoms with E-state index in [1.807, 2.05) is 0 Å². The molecule has 0 N–H and O–H groups in total. The normalized spacial score (nSPS) is 17.3. The quantitative estimate of drug-likeness (QED) is 0.173. The smallest absolute Gasteiger partial charge is 0.240 e. The molecule has 7 heteroatoms. The first-order valence-corrected chi connectivity index (χ1v) is 19.7. The van der Waals surface area contributed by atoms with Crippen molar-refractivity contribution in [1.82, 2.24) is 33.2 Å². The average molecular weight is 842 g/mol. The molecule has 0 saturated carbocycles. The molecule has 0 amide bonds. The topological polar surface area (TPSA) is 58.4 Å². The molecular weight excluding hydrogens is 783 g/mol. The lowest BCUT2D eigenvalue weighted by molar-refractivity contribution is 0.890. The molecule has 0 aliphatic carbocycles. The van der Waals surface area contributed by atoms with Crippen molar-refractivity contribution in [2.45, 2.75) is 0 Å². The molecule has 5 aromatic heterocycles. The molecule has 7 nitrogen and oxygen atoms in total. The molecule has 14 rings (SSSR count). The van der Waals surface area contributed by atoms with Crippen LogP contribution in [0.2, 0.25) is 0 Å². The highest BCUT2D eigenvalue weighted by Gasteiger charge is 2.26. The molecule has 0 spiro atoms. The van der Waals surface area contributed by atoms with Crippen LogP contribution in [0, 0.1) is 0 Å². The highest BCUT2D eigenvalue weighted by Crippen LogP contribution is 2.42. The van der Waals surface area contributed by atoms with Gasteiger partial charge in [0.2, 0.25) is 11.9 Å². The van der Waals surface area contributed by atoms with Crippen molar-refractivity contribution < 1.29 is 32.9 Å². The molecule has 298 valence electrons. The fourth-order valence-electron chi connectivity index (χ4n) is 8.87. The zero-order chi connectivity index (χ0) is 62.8. The van der Waals surface area contributed by atoms with E-state index in [1.165, 1.54) is 27.3 Å². The van der Waals surface area contributed by atoms with Gasteiger partial charge in [0, 0.05) is 43.1 Å². The van der Waals surface area contributed by atoms with Gasteiger partial charge in [-0.05, 0) is 60.5 Å². The lowest BCUT2D eigenvalue weighted by Crippen LogP contribution is -2.12. The van der Waals surface area contributed by atoms with Crippen molar-refractivity contribution in [2.24, 2.45) is 0 Å². The number of nitrogens with zero attached hydrogens (tertiary/aromatic N) is 7. The van der Waals surface area contributed by atoms with E-state index in [-0.39, 0.29) is 82.1 Å². The molecule has 0 fully saturated rings. The third-order valence-electron chi connectivity index (χ3n) is 11.4. The number of rotatable bonds is 5. The van der Waals surface area contributed by atoms with E-state index in [4.69, 9.17) is 31.4 Å². The first kappa shape index (κ1) is 19.1. The lowest BCUT2D eigenvalue weighted by Gasteiger charge is -2.20. The SMILES string of the molecule is [2H]c1c([2H])c([2H])c2c(c1[2H])c1ccccc1n2-c1nc(-c2c(-n3c4c([2H])c([2H])c([2H])c([2H])c4c4c([2H])c([2H])c([2H])c([2H])c43)cccc2-n2c3c([2H])c([2H])c([2H])c([2H])c3c3c([2H])c([2H])c([2H])c([2H])c32)nc(-n2c3ccccc3c3c([2H])c([2H])c([2H])c([2H])c32)n1. The Morgan fingerprint density at radius 2 is 0.594 bits per heavy atom. The van der Waals surface area contributed by atoms with Gasteiger partial charge in [-0.2, -0.15) is 15.0 Å². The Balaban J connectivity index is 1.30. The second kappa shape index (κ2) is 13.3. The maximum atomic E-state index is 9.60. The van der Waals surface area contributed by atoms with Gasteiger partial charge in [-0.1, -0.05) is 151 Å². The monoisotopic (exact) mass is 841 g/mol. The molecule has 5 heterocycles. The van der Waals surface area contributed by atoms with Gasteiger partial charge in [0.05, 0.1) is 94.0 Å². The molecule has 0 bridgehead atoms. The number of fused-ring (bicyclic) bond motifs is 12. The number of aromatic nitrogens is 7. The number of hydrogen-bond acceptors (Lipinski definition) is 3. The number of benzene rings is 9. The third-order valence-corrected chi connectivity index (χ3v) is 11.4. The van der Waals surface area contributed by atoms with Crippen molar-refractivity contribution in [3.05, 3.63) is 212 Å². The zero-order valence-electron chi connectivity index (χ0n) is 56.5. The molecule has 0 saturated heterocycles. The Hall–Kier alpha value is -8.81. The van der Waals surface area contributed by atoms with E-state index in [0.29, 0.717) is 0 Å². The molecule has 14 aromatic rings. The summed E-state index contributed by atoms with van der Waals surface area (Å²) in [6, 6.07) is 0.250. The number of para-hydroxylation sites is 8. The summed E-state index contributed by atoms with van der Waals surface area (Å²) in [5.74, 6) is -1.47. The summed E-state index contributed by atoms with van der Waals surface area (Å²) in [7, 11) is 0. The predicted molar refractivity (Wildman–Crippen MR) is 263 cm³/mol. The zero-order valence-corrected chi connectivity index (χ0v) is 32.5. The molecule has 0 radical (unpaired) electrons. The Bertz CT molecular complexity index is 5160. The van der Waals surface area contributed by atoms with Crippen LogP contribution < -0.4 is 0 Å². The van der Waals surface area contributed by atoms with Crippen molar-refractivity contribution in [3.8, 4) is 34.7 Å². The van der Waals surface area contributed by atoms with Crippen molar-refractivity contribution in [3.63, 3.8) is 0 Å². The van der Waals surface area contributed by atoms with E-state index in [2.05, 4.69) is 0 Å². The Morgan fingerprint density at radius 1 is 0.281 bits per heavy atom. The van der Waals surface area contributed by atoms with Gasteiger partial charge >= 0.3 is 0 Å². The minimum Gasteiger partial charge on any atom is -0.308 e.